The Kier molecular flexibility index (Phi) is 4.67. The van der Waals surface area contributed by atoms with Crippen LogP contribution >= 0.6 is 0 Å². The first kappa shape index (κ1) is 20.2. The van der Waals surface area contributed by atoms with Gasteiger partial charge in [-0.25, -0.2) is 4.79 Å². The molecule has 0 atom stereocenters. The maximum atomic E-state index is 12.6. The summed E-state index contributed by atoms with van der Waals surface area (Å²) in [5, 5.41) is 9.11. The second-order valence-corrected chi connectivity index (χ2v) is 8.76. The van der Waals surface area contributed by atoms with Crippen molar-refractivity contribution in [3.05, 3.63) is 115 Å². The number of rotatable bonds is 3. The lowest BCUT2D eigenvalue weighted by molar-refractivity contribution is -0.130. The Morgan fingerprint density at radius 3 is 1.76 bits per heavy atom. The number of esters is 1. The summed E-state index contributed by atoms with van der Waals surface area (Å²) in [6.45, 7) is 5.43. The van der Waals surface area contributed by atoms with Gasteiger partial charge >= 0.3 is 5.97 Å². The van der Waals surface area contributed by atoms with Gasteiger partial charge in [-0.15, -0.1) is 0 Å². The van der Waals surface area contributed by atoms with Crippen molar-refractivity contribution < 1.29 is 9.53 Å². The normalized spacial score (nSPS) is 11.3. The van der Waals surface area contributed by atoms with E-state index in [1.165, 1.54) is 16.2 Å². The Morgan fingerprint density at radius 1 is 0.618 bits per heavy atom. The molecule has 0 heterocycles. The van der Waals surface area contributed by atoms with Crippen molar-refractivity contribution in [1.29, 1.82) is 0 Å². The van der Waals surface area contributed by atoms with Crippen molar-refractivity contribution in [3.8, 4) is 16.9 Å². The van der Waals surface area contributed by atoms with Gasteiger partial charge in [-0.2, -0.15) is 0 Å². The van der Waals surface area contributed by atoms with Crippen LogP contribution in [0.15, 0.2) is 115 Å². The molecule has 162 valence electrons. The molecule has 0 unspecified atom stereocenters. The summed E-state index contributed by atoms with van der Waals surface area (Å²) in [6, 6.07) is 35.8. The number of benzene rings is 6. The minimum Gasteiger partial charge on any atom is -0.423 e. The predicted octanol–water partition coefficient (Wildman–Crippen LogP) is 8.45. The molecule has 0 spiro atoms. The van der Waals surface area contributed by atoms with Crippen LogP contribution in [0, 0.1) is 0 Å². The summed E-state index contributed by atoms with van der Waals surface area (Å²) < 4.78 is 5.88. The second kappa shape index (κ2) is 7.86. The minimum absolute atomic E-state index is 0.369. The van der Waals surface area contributed by atoms with E-state index in [1.807, 2.05) is 24.3 Å². The summed E-state index contributed by atoms with van der Waals surface area (Å²) in [5.74, 6) is 0.114. The zero-order valence-corrected chi connectivity index (χ0v) is 18.8. The van der Waals surface area contributed by atoms with E-state index in [0.29, 0.717) is 11.3 Å². The van der Waals surface area contributed by atoms with Gasteiger partial charge in [0.25, 0.3) is 0 Å². The van der Waals surface area contributed by atoms with Crippen LogP contribution in [0.25, 0.3) is 54.2 Å². The Labute approximate surface area is 197 Å². The highest BCUT2D eigenvalue weighted by Crippen LogP contribution is 2.42. The summed E-state index contributed by atoms with van der Waals surface area (Å²) >= 11 is 0. The zero-order chi connectivity index (χ0) is 23.2. The average Bonchev–Trinajstić information content (AvgIpc) is 2.86. The Bertz CT molecular complexity index is 1780. The van der Waals surface area contributed by atoms with Gasteiger partial charge in [0.05, 0.1) is 0 Å². The van der Waals surface area contributed by atoms with E-state index in [1.54, 1.807) is 6.92 Å². The molecular formula is C32H22O2. The molecule has 0 aromatic heterocycles. The zero-order valence-electron chi connectivity index (χ0n) is 18.8. The molecule has 0 amide bonds. The van der Waals surface area contributed by atoms with Gasteiger partial charge in [-0.1, -0.05) is 79.4 Å². The van der Waals surface area contributed by atoms with E-state index < -0.39 is 5.97 Å². The van der Waals surface area contributed by atoms with E-state index in [4.69, 9.17) is 4.74 Å². The maximum Gasteiger partial charge on any atom is 0.338 e. The number of carbonyl (C=O) groups excluding carboxylic acids is 1. The first-order chi connectivity index (χ1) is 16.6. The molecule has 6 aromatic rings. The fraction of sp³-hybridized carbons (Fsp3) is 0.0312. The van der Waals surface area contributed by atoms with E-state index in [2.05, 4.69) is 85.4 Å². The molecule has 0 bridgehead atoms. The fourth-order valence-corrected chi connectivity index (χ4v) is 4.73. The van der Waals surface area contributed by atoms with Crippen LogP contribution in [0.3, 0.4) is 0 Å². The summed E-state index contributed by atoms with van der Waals surface area (Å²) in [7, 11) is 0. The summed E-state index contributed by atoms with van der Waals surface area (Å²) in [4.78, 5) is 12.6. The van der Waals surface area contributed by atoms with Gasteiger partial charge in [0.1, 0.15) is 5.75 Å². The molecule has 0 aliphatic rings. The lowest BCUT2D eigenvalue weighted by atomic mass is 9.90. The Morgan fingerprint density at radius 2 is 1.15 bits per heavy atom. The number of fused-ring (bicyclic) bond motifs is 4. The molecule has 2 nitrogen and oxygen atoms in total. The molecule has 0 fully saturated rings. The quantitative estimate of drug-likeness (QED) is 0.120. The molecule has 0 aliphatic heterocycles. The van der Waals surface area contributed by atoms with Gasteiger partial charge in [0.15, 0.2) is 0 Å². The Balaban J connectivity index is 1.72. The Hall–Kier alpha value is -4.43. The van der Waals surface area contributed by atoms with E-state index in [9.17, 15) is 4.79 Å². The van der Waals surface area contributed by atoms with Crippen molar-refractivity contribution >= 4 is 49.1 Å². The molecule has 0 radical (unpaired) electrons. The predicted molar refractivity (Wildman–Crippen MR) is 142 cm³/mol. The van der Waals surface area contributed by atoms with E-state index in [-0.39, 0.29) is 0 Å². The van der Waals surface area contributed by atoms with Crippen molar-refractivity contribution in [2.45, 2.75) is 6.92 Å². The van der Waals surface area contributed by atoms with Gasteiger partial charge < -0.3 is 4.74 Å². The summed E-state index contributed by atoms with van der Waals surface area (Å²) in [5.41, 5.74) is 2.32. The molecule has 34 heavy (non-hydrogen) atoms. The highest BCUT2D eigenvalue weighted by molar-refractivity contribution is 6.13. The number of hydrogen-bond acceptors (Lipinski definition) is 2. The third-order valence-electron chi connectivity index (χ3n) is 6.42. The van der Waals surface area contributed by atoms with Crippen LogP contribution < -0.4 is 4.74 Å². The SMILES string of the molecule is C=C(C)C(=O)Oc1ccc2cc3ccccc3cc2c1-c1cccc2cc3ccccc3cc12. The number of hydrogen-bond donors (Lipinski definition) is 0. The largest absolute Gasteiger partial charge is 0.423 e. The molecule has 6 rings (SSSR count). The van der Waals surface area contributed by atoms with Crippen LogP contribution in [0.4, 0.5) is 0 Å². The van der Waals surface area contributed by atoms with E-state index >= 15 is 0 Å². The van der Waals surface area contributed by atoms with E-state index in [0.717, 1.165) is 38.1 Å². The lowest BCUT2D eigenvalue weighted by Crippen LogP contribution is -2.09. The molecule has 6 aromatic carbocycles. The molecular weight excluding hydrogens is 416 g/mol. The van der Waals surface area contributed by atoms with Crippen LogP contribution in [0.5, 0.6) is 5.75 Å². The van der Waals surface area contributed by atoms with Crippen LogP contribution in [0.1, 0.15) is 6.92 Å². The highest BCUT2D eigenvalue weighted by atomic mass is 16.5. The van der Waals surface area contributed by atoms with Crippen LogP contribution in [-0.2, 0) is 4.79 Å². The van der Waals surface area contributed by atoms with Crippen molar-refractivity contribution in [3.63, 3.8) is 0 Å². The minimum atomic E-state index is -0.424. The van der Waals surface area contributed by atoms with Gasteiger partial charge in [0.2, 0.25) is 0 Å². The number of ether oxygens (including phenoxy) is 1. The summed E-state index contributed by atoms with van der Waals surface area (Å²) in [6.07, 6.45) is 0. The molecule has 0 N–H and O–H groups in total. The van der Waals surface area contributed by atoms with Gasteiger partial charge in [0, 0.05) is 11.1 Å². The molecule has 2 heteroatoms. The smallest absolute Gasteiger partial charge is 0.338 e. The lowest BCUT2D eigenvalue weighted by Gasteiger charge is -2.17. The molecule has 0 aliphatic carbocycles. The van der Waals surface area contributed by atoms with Crippen LogP contribution in [-0.4, -0.2) is 5.97 Å². The second-order valence-electron chi connectivity index (χ2n) is 8.76. The average molecular weight is 439 g/mol. The monoisotopic (exact) mass is 438 g/mol. The van der Waals surface area contributed by atoms with Crippen molar-refractivity contribution in [2.24, 2.45) is 0 Å². The third kappa shape index (κ3) is 3.32. The first-order valence-electron chi connectivity index (χ1n) is 11.3. The molecule has 0 saturated heterocycles. The fourth-order valence-electron chi connectivity index (χ4n) is 4.73. The van der Waals surface area contributed by atoms with Gasteiger partial charge in [-0.05, 0) is 85.9 Å². The standard InChI is InChI=1S/C32H22O2/c1-20(2)32(33)34-30-15-14-26-17-22-9-4-6-11-24(22)19-29(26)31(30)27-13-7-12-25-16-21-8-3-5-10-23(21)18-28(25)27/h3-19H,1H2,2H3. The van der Waals surface area contributed by atoms with Crippen molar-refractivity contribution in [1.82, 2.24) is 0 Å². The topological polar surface area (TPSA) is 26.3 Å². The van der Waals surface area contributed by atoms with Crippen molar-refractivity contribution in [2.75, 3.05) is 0 Å². The number of carbonyl (C=O) groups is 1. The maximum absolute atomic E-state index is 12.6. The third-order valence-corrected chi connectivity index (χ3v) is 6.42. The first-order valence-corrected chi connectivity index (χ1v) is 11.3. The molecule has 0 saturated carbocycles. The van der Waals surface area contributed by atoms with Gasteiger partial charge in [-0.3, -0.25) is 0 Å². The van der Waals surface area contributed by atoms with Crippen LogP contribution in [0.2, 0.25) is 0 Å². The highest BCUT2D eigenvalue weighted by Gasteiger charge is 2.18.